The van der Waals surface area contributed by atoms with Gasteiger partial charge in [0.15, 0.2) is 0 Å². The Kier molecular flexibility index (Phi) is 5.50. The minimum absolute atomic E-state index is 0.143. The Bertz CT molecular complexity index is 572. The number of ether oxygens (including phenoxy) is 1. The van der Waals surface area contributed by atoms with Gasteiger partial charge < -0.3 is 19.8 Å². The van der Waals surface area contributed by atoms with E-state index in [2.05, 4.69) is 4.90 Å². The number of hydrogen-bond donors (Lipinski definition) is 2. The van der Waals surface area contributed by atoms with E-state index in [0.29, 0.717) is 39.2 Å². The number of carbonyl (C=O) groups is 1. The molecular weight excluding hydrogens is 308 g/mol. The fourth-order valence-corrected chi connectivity index (χ4v) is 3.47. The molecule has 6 heteroatoms. The van der Waals surface area contributed by atoms with Crippen molar-refractivity contribution in [3.8, 4) is 0 Å². The van der Waals surface area contributed by atoms with Crippen LogP contribution in [0.3, 0.4) is 0 Å². The van der Waals surface area contributed by atoms with Crippen molar-refractivity contribution in [2.45, 2.75) is 31.6 Å². The number of nitrogens with zero attached hydrogens (tertiary/aromatic N) is 2. The molecule has 24 heavy (non-hydrogen) atoms. The molecular formula is C18H26N2O4. The quantitative estimate of drug-likeness (QED) is 0.801. The lowest BCUT2D eigenvalue weighted by Gasteiger charge is -2.43. The molecule has 2 aliphatic rings. The van der Waals surface area contributed by atoms with Gasteiger partial charge in [0.25, 0.3) is 0 Å². The molecule has 0 bridgehead atoms. The van der Waals surface area contributed by atoms with Crippen molar-refractivity contribution in [3.63, 3.8) is 0 Å². The van der Waals surface area contributed by atoms with Crippen LogP contribution in [0.4, 0.5) is 0 Å². The monoisotopic (exact) mass is 334 g/mol. The Morgan fingerprint density at radius 2 is 1.88 bits per heavy atom. The zero-order valence-corrected chi connectivity index (χ0v) is 14.1. The molecule has 1 aromatic carbocycles. The molecule has 2 fully saturated rings. The Hall–Kier alpha value is -1.47. The van der Waals surface area contributed by atoms with Gasteiger partial charge in [0.2, 0.25) is 5.91 Å². The standard InChI is InChI=1S/C18H26N2O4/c1-13-4-2-3-5-14(13)10-17(22)20-8-6-19(7-9-20)15-11-24-12-16(21)18(15)23/h2-5,15-16,18,21,23H,6-12H2,1H3/t15-,16-,18+/m1/s1. The van der Waals surface area contributed by atoms with Crippen LogP contribution in [0.15, 0.2) is 24.3 Å². The Balaban J connectivity index is 1.53. The van der Waals surface area contributed by atoms with Gasteiger partial charge in [0.05, 0.1) is 31.8 Å². The number of aliphatic hydroxyl groups is 2. The lowest BCUT2D eigenvalue weighted by molar-refractivity contribution is -0.144. The maximum atomic E-state index is 12.5. The van der Waals surface area contributed by atoms with Crippen LogP contribution in [0.5, 0.6) is 0 Å². The van der Waals surface area contributed by atoms with Crippen LogP contribution in [0, 0.1) is 6.92 Å². The fraction of sp³-hybridized carbons (Fsp3) is 0.611. The zero-order valence-electron chi connectivity index (χ0n) is 14.1. The smallest absolute Gasteiger partial charge is 0.227 e. The van der Waals surface area contributed by atoms with Crippen molar-refractivity contribution in [3.05, 3.63) is 35.4 Å². The summed E-state index contributed by atoms with van der Waals surface area (Å²) >= 11 is 0. The molecule has 2 saturated heterocycles. The normalized spacial score (nSPS) is 28.8. The maximum absolute atomic E-state index is 12.5. The van der Waals surface area contributed by atoms with Crippen molar-refractivity contribution in [1.29, 1.82) is 0 Å². The lowest BCUT2D eigenvalue weighted by Crippen LogP contribution is -2.60. The van der Waals surface area contributed by atoms with Gasteiger partial charge >= 0.3 is 0 Å². The number of rotatable bonds is 3. The number of hydrogen-bond acceptors (Lipinski definition) is 5. The summed E-state index contributed by atoms with van der Waals surface area (Å²) in [6.07, 6.45) is -1.18. The second-order valence-corrected chi connectivity index (χ2v) is 6.68. The minimum atomic E-state index is -0.829. The van der Waals surface area contributed by atoms with Crippen molar-refractivity contribution in [2.75, 3.05) is 39.4 Å². The topological polar surface area (TPSA) is 73.2 Å². The predicted octanol–water partition coefficient (Wildman–Crippen LogP) is -0.198. The van der Waals surface area contributed by atoms with E-state index in [9.17, 15) is 15.0 Å². The third-order valence-corrected chi connectivity index (χ3v) is 5.10. The highest BCUT2D eigenvalue weighted by molar-refractivity contribution is 5.79. The highest BCUT2D eigenvalue weighted by atomic mass is 16.5. The molecule has 2 heterocycles. The van der Waals surface area contributed by atoms with Gasteiger partial charge in [-0.1, -0.05) is 24.3 Å². The summed E-state index contributed by atoms with van der Waals surface area (Å²) in [5, 5.41) is 19.9. The number of carbonyl (C=O) groups excluding carboxylic acids is 1. The highest BCUT2D eigenvalue weighted by Crippen LogP contribution is 2.18. The second kappa shape index (κ2) is 7.61. The number of amides is 1. The van der Waals surface area contributed by atoms with Gasteiger partial charge in [-0.25, -0.2) is 0 Å². The van der Waals surface area contributed by atoms with Crippen LogP contribution < -0.4 is 0 Å². The lowest BCUT2D eigenvalue weighted by atomic mass is 10.0. The van der Waals surface area contributed by atoms with Crippen LogP contribution in [0.25, 0.3) is 0 Å². The molecule has 3 rings (SSSR count). The van der Waals surface area contributed by atoms with E-state index in [-0.39, 0.29) is 18.6 Å². The summed E-state index contributed by atoms with van der Waals surface area (Å²) in [5.74, 6) is 0.143. The summed E-state index contributed by atoms with van der Waals surface area (Å²) in [6.45, 7) is 5.31. The Labute approximate surface area is 142 Å². The van der Waals surface area contributed by atoms with Gasteiger partial charge in [-0.15, -0.1) is 0 Å². The number of benzene rings is 1. The first kappa shape index (κ1) is 17.4. The van der Waals surface area contributed by atoms with Gasteiger partial charge in [-0.3, -0.25) is 9.69 Å². The van der Waals surface area contributed by atoms with E-state index >= 15 is 0 Å². The average Bonchev–Trinajstić information content (AvgIpc) is 2.59. The number of aliphatic hydroxyl groups excluding tert-OH is 2. The number of aryl methyl sites for hydroxylation is 1. The Morgan fingerprint density at radius 1 is 1.17 bits per heavy atom. The van der Waals surface area contributed by atoms with Gasteiger partial charge in [-0.2, -0.15) is 0 Å². The first-order valence-corrected chi connectivity index (χ1v) is 8.56. The summed E-state index contributed by atoms with van der Waals surface area (Å²) in [6, 6.07) is 7.77. The third kappa shape index (κ3) is 3.78. The molecule has 1 amide bonds. The van der Waals surface area contributed by atoms with Crippen molar-refractivity contribution < 1.29 is 19.7 Å². The maximum Gasteiger partial charge on any atom is 0.227 e. The molecule has 2 aliphatic heterocycles. The van der Waals surface area contributed by atoms with E-state index in [1.54, 1.807) is 0 Å². The van der Waals surface area contributed by atoms with E-state index in [1.165, 1.54) is 0 Å². The largest absolute Gasteiger partial charge is 0.389 e. The van der Waals surface area contributed by atoms with Crippen LogP contribution in [0.1, 0.15) is 11.1 Å². The fourth-order valence-electron chi connectivity index (χ4n) is 3.47. The van der Waals surface area contributed by atoms with Crippen molar-refractivity contribution >= 4 is 5.91 Å². The predicted molar refractivity (Wildman–Crippen MR) is 89.7 cm³/mol. The molecule has 1 aromatic rings. The van der Waals surface area contributed by atoms with Crippen LogP contribution >= 0.6 is 0 Å². The molecule has 132 valence electrons. The second-order valence-electron chi connectivity index (χ2n) is 6.68. The molecule has 2 N–H and O–H groups in total. The summed E-state index contributed by atoms with van der Waals surface area (Å²) in [7, 11) is 0. The molecule has 0 unspecified atom stereocenters. The molecule has 0 saturated carbocycles. The molecule has 0 spiro atoms. The van der Waals surface area contributed by atoms with E-state index in [0.717, 1.165) is 11.1 Å². The first-order valence-electron chi connectivity index (χ1n) is 8.56. The van der Waals surface area contributed by atoms with Gasteiger partial charge in [0.1, 0.15) is 6.10 Å². The van der Waals surface area contributed by atoms with Crippen LogP contribution in [0.2, 0.25) is 0 Å². The Morgan fingerprint density at radius 3 is 2.58 bits per heavy atom. The van der Waals surface area contributed by atoms with Gasteiger partial charge in [-0.05, 0) is 18.1 Å². The van der Waals surface area contributed by atoms with E-state index in [1.807, 2.05) is 36.1 Å². The van der Waals surface area contributed by atoms with Crippen LogP contribution in [-0.2, 0) is 16.0 Å². The van der Waals surface area contributed by atoms with Crippen LogP contribution in [-0.4, -0.2) is 83.6 Å². The molecule has 0 aromatic heterocycles. The average molecular weight is 334 g/mol. The number of piperazine rings is 1. The first-order chi connectivity index (χ1) is 11.6. The molecule has 0 radical (unpaired) electrons. The SMILES string of the molecule is Cc1ccccc1CC(=O)N1CCN([C@@H]2COC[C@@H](O)[C@H]2O)CC1. The van der Waals surface area contributed by atoms with Crippen molar-refractivity contribution in [1.82, 2.24) is 9.80 Å². The summed E-state index contributed by atoms with van der Waals surface area (Å²) in [4.78, 5) is 16.5. The molecule has 6 nitrogen and oxygen atoms in total. The third-order valence-electron chi connectivity index (χ3n) is 5.10. The van der Waals surface area contributed by atoms with Gasteiger partial charge in [0, 0.05) is 26.2 Å². The zero-order chi connectivity index (χ0) is 17.1. The van der Waals surface area contributed by atoms with Crippen molar-refractivity contribution in [2.24, 2.45) is 0 Å². The molecule has 0 aliphatic carbocycles. The van der Waals surface area contributed by atoms with E-state index < -0.39 is 12.2 Å². The van der Waals surface area contributed by atoms with E-state index in [4.69, 9.17) is 4.74 Å². The summed E-state index contributed by atoms with van der Waals surface area (Å²) in [5.41, 5.74) is 2.21. The summed E-state index contributed by atoms with van der Waals surface area (Å²) < 4.78 is 5.35. The minimum Gasteiger partial charge on any atom is -0.389 e. The highest BCUT2D eigenvalue weighted by Gasteiger charge is 2.37. The molecule has 3 atom stereocenters.